The quantitative estimate of drug-likeness (QED) is 0.427. The molecule has 0 aliphatic heterocycles. The molecule has 4 heteroatoms. The summed E-state index contributed by atoms with van der Waals surface area (Å²) in [5, 5.41) is 0.972. The van der Waals surface area contributed by atoms with Crippen molar-refractivity contribution in [3.63, 3.8) is 0 Å². The maximum Gasteiger partial charge on any atom is 0.0462 e. The third kappa shape index (κ3) is 2.80. The molecule has 1 unspecified atom stereocenters. The van der Waals surface area contributed by atoms with Gasteiger partial charge in [-0.1, -0.05) is 28.9 Å². The summed E-state index contributed by atoms with van der Waals surface area (Å²) in [7, 11) is 0. The molecule has 0 saturated carbocycles. The van der Waals surface area contributed by atoms with E-state index < -0.39 is 0 Å². The molecule has 0 heterocycles. The standard InChI is InChI=1S/C9H8Br4/c1-5(4-10)6-2-3-7(11)9(13)8(6)12/h2-3,5H,4H2,1H3. The second-order valence-corrected chi connectivity index (χ2v) is 5.91. The van der Waals surface area contributed by atoms with Gasteiger partial charge in [-0.3, -0.25) is 0 Å². The summed E-state index contributed by atoms with van der Waals surface area (Å²) in [5.74, 6) is 0.513. The van der Waals surface area contributed by atoms with E-state index in [-0.39, 0.29) is 0 Å². The molecule has 72 valence electrons. The van der Waals surface area contributed by atoms with E-state index in [0.29, 0.717) is 5.92 Å². The Morgan fingerprint density at radius 3 is 2.31 bits per heavy atom. The molecular formula is C9H8Br4. The fourth-order valence-electron chi connectivity index (χ4n) is 1.00. The van der Waals surface area contributed by atoms with Crippen molar-refractivity contribution < 1.29 is 0 Å². The molecule has 0 N–H and O–H groups in total. The fraction of sp³-hybridized carbons (Fsp3) is 0.333. The first kappa shape index (κ1) is 12.2. The van der Waals surface area contributed by atoms with Crippen molar-refractivity contribution in [2.75, 3.05) is 5.33 Å². The van der Waals surface area contributed by atoms with E-state index in [1.807, 2.05) is 0 Å². The number of rotatable bonds is 2. The lowest BCUT2D eigenvalue weighted by Gasteiger charge is -2.12. The van der Waals surface area contributed by atoms with Gasteiger partial charge >= 0.3 is 0 Å². The summed E-state index contributed by atoms with van der Waals surface area (Å²) < 4.78 is 3.29. The van der Waals surface area contributed by atoms with Crippen molar-refractivity contribution in [3.05, 3.63) is 31.1 Å². The summed E-state index contributed by atoms with van der Waals surface area (Å²) in [6, 6.07) is 4.19. The smallest absolute Gasteiger partial charge is 0.0462 e. The monoisotopic (exact) mass is 432 g/mol. The van der Waals surface area contributed by atoms with Crippen LogP contribution in [0.2, 0.25) is 0 Å². The van der Waals surface area contributed by atoms with Crippen LogP contribution in [-0.4, -0.2) is 5.33 Å². The highest BCUT2D eigenvalue weighted by molar-refractivity contribution is 9.14. The number of hydrogen-bond acceptors (Lipinski definition) is 0. The van der Waals surface area contributed by atoms with Gasteiger partial charge in [-0.2, -0.15) is 0 Å². The van der Waals surface area contributed by atoms with Crippen molar-refractivity contribution in [3.8, 4) is 0 Å². The zero-order valence-electron chi connectivity index (χ0n) is 6.95. The Bertz CT molecular complexity index is 309. The molecule has 1 atom stereocenters. The summed E-state index contributed by atoms with van der Waals surface area (Å²) in [5.41, 5.74) is 1.31. The summed E-state index contributed by atoms with van der Waals surface area (Å²) in [4.78, 5) is 0. The van der Waals surface area contributed by atoms with E-state index in [4.69, 9.17) is 0 Å². The summed E-state index contributed by atoms with van der Waals surface area (Å²) in [6.45, 7) is 2.19. The third-order valence-corrected chi connectivity index (χ3v) is 6.20. The average Bonchev–Trinajstić information content (AvgIpc) is 2.13. The lowest BCUT2D eigenvalue weighted by atomic mass is 10.0. The Morgan fingerprint density at radius 1 is 1.15 bits per heavy atom. The lowest BCUT2D eigenvalue weighted by Crippen LogP contribution is -1.96. The Morgan fingerprint density at radius 2 is 1.77 bits per heavy atom. The summed E-state index contributed by atoms with van der Waals surface area (Å²) in [6.07, 6.45) is 0. The predicted molar refractivity (Wildman–Crippen MR) is 71.8 cm³/mol. The third-order valence-electron chi connectivity index (χ3n) is 1.83. The van der Waals surface area contributed by atoms with E-state index in [1.54, 1.807) is 0 Å². The van der Waals surface area contributed by atoms with Crippen molar-refractivity contribution in [2.24, 2.45) is 0 Å². The van der Waals surface area contributed by atoms with Crippen molar-refractivity contribution in [1.82, 2.24) is 0 Å². The van der Waals surface area contributed by atoms with Gasteiger partial charge in [0.2, 0.25) is 0 Å². The molecule has 13 heavy (non-hydrogen) atoms. The van der Waals surface area contributed by atoms with Crippen LogP contribution >= 0.6 is 63.7 Å². The van der Waals surface area contributed by atoms with Gasteiger partial charge in [-0.05, 0) is 65.3 Å². The molecule has 0 radical (unpaired) electrons. The number of halogens is 4. The molecule has 0 aliphatic carbocycles. The van der Waals surface area contributed by atoms with Crippen LogP contribution in [0, 0.1) is 0 Å². The number of alkyl halides is 1. The minimum absolute atomic E-state index is 0.513. The number of hydrogen-bond donors (Lipinski definition) is 0. The summed E-state index contributed by atoms with van der Waals surface area (Å²) >= 11 is 14.0. The largest absolute Gasteiger partial charge is 0.0922 e. The topological polar surface area (TPSA) is 0 Å². The van der Waals surface area contributed by atoms with Crippen LogP contribution < -0.4 is 0 Å². The molecule has 1 aromatic rings. The Hall–Kier alpha value is 1.14. The van der Waals surface area contributed by atoms with Crippen LogP contribution in [-0.2, 0) is 0 Å². The molecule has 0 amide bonds. The average molecular weight is 436 g/mol. The zero-order chi connectivity index (χ0) is 10.0. The van der Waals surface area contributed by atoms with Crippen LogP contribution in [0.25, 0.3) is 0 Å². The molecule has 0 spiro atoms. The van der Waals surface area contributed by atoms with Gasteiger partial charge in [0, 0.05) is 18.7 Å². The molecule has 1 rings (SSSR count). The first-order valence-corrected chi connectivity index (χ1v) is 7.27. The van der Waals surface area contributed by atoms with Gasteiger partial charge in [0.15, 0.2) is 0 Å². The van der Waals surface area contributed by atoms with Crippen LogP contribution in [0.15, 0.2) is 25.6 Å². The van der Waals surface area contributed by atoms with Gasteiger partial charge in [-0.25, -0.2) is 0 Å². The van der Waals surface area contributed by atoms with Gasteiger partial charge < -0.3 is 0 Å². The SMILES string of the molecule is CC(CBr)c1ccc(Br)c(Br)c1Br. The van der Waals surface area contributed by atoms with Crippen molar-refractivity contribution in [2.45, 2.75) is 12.8 Å². The second kappa shape index (κ2) is 5.29. The van der Waals surface area contributed by atoms with E-state index in [2.05, 4.69) is 82.8 Å². The molecule has 0 saturated heterocycles. The van der Waals surface area contributed by atoms with Gasteiger partial charge in [0.25, 0.3) is 0 Å². The second-order valence-electron chi connectivity index (χ2n) is 2.82. The van der Waals surface area contributed by atoms with Crippen LogP contribution in [0.3, 0.4) is 0 Å². The Labute approximate surface area is 112 Å². The van der Waals surface area contributed by atoms with Gasteiger partial charge in [0.1, 0.15) is 0 Å². The van der Waals surface area contributed by atoms with E-state index >= 15 is 0 Å². The highest BCUT2D eigenvalue weighted by Crippen LogP contribution is 2.37. The first-order chi connectivity index (χ1) is 6.07. The van der Waals surface area contributed by atoms with E-state index in [9.17, 15) is 0 Å². The Balaban J connectivity index is 3.18. The lowest BCUT2D eigenvalue weighted by molar-refractivity contribution is 0.879. The fourth-order valence-corrected chi connectivity index (χ4v) is 3.05. The highest BCUT2D eigenvalue weighted by Gasteiger charge is 2.12. The molecule has 0 nitrogen and oxygen atoms in total. The molecule has 1 aromatic carbocycles. The predicted octanol–water partition coefficient (Wildman–Crippen LogP) is 5.47. The van der Waals surface area contributed by atoms with Gasteiger partial charge in [-0.15, -0.1) is 0 Å². The van der Waals surface area contributed by atoms with E-state index in [0.717, 1.165) is 18.7 Å². The molecule has 0 aliphatic rings. The first-order valence-electron chi connectivity index (χ1n) is 3.77. The molecular weight excluding hydrogens is 428 g/mol. The van der Waals surface area contributed by atoms with Crippen LogP contribution in [0.1, 0.15) is 18.4 Å². The maximum atomic E-state index is 3.57. The highest BCUT2D eigenvalue weighted by atomic mass is 79.9. The normalized spacial score (nSPS) is 13.0. The Kier molecular flexibility index (Phi) is 4.97. The van der Waals surface area contributed by atoms with Crippen molar-refractivity contribution in [1.29, 1.82) is 0 Å². The van der Waals surface area contributed by atoms with Gasteiger partial charge in [0.05, 0.1) is 0 Å². The molecule has 0 fully saturated rings. The zero-order valence-corrected chi connectivity index (χ0v) is 13.3. The minimum Gasteiger partial charge on any atom is -0.0922 e. The maximum absolute atomic E-state index is 3.57. The van der Waals surface area contributed by atoms with Crippen LogP contribution in [0.5, 0.6) is 0 Å². The molecule has 0 aromatic heterocycles. The van der Waals surface area contributed by atoms with E-state index in [1.165, 1.54) is 5.56 Å². The van der Waals surface area contributed by atoms with Crippen LogP contribution in [0.4, 0.5) is 0 Å². The number of benzene rings is 1. The minimum atomic E-state index is 0.513. The van der Waals surface area contributed by atoms with Crippen molar-refractivity contribution >= 4 is 63.7 Å². The molecule has 0 bridgehead atoms.